The first kappa shape index (κ1) is 14.4. The van der Waals surface area contributed by atoms with Crippen LogP contribution in [0.1, 0.15) is 12.8 Å². The molecule has 0 spiro atoms. The van der Waals surface area contributed by atoms with Crippen molar-refractivity contribution in [3.63, 3.8) is 0 Å². The molecule has 0 saturated heterocycles. The normalized spacial score (nSPS) is 10.7. The monoisotopic (exact) mass is 265 g/mol. The molecule has 0 aromatic carbocycles. The van der Waals surface area contributed by atoms with E-state index in [9.17, 15) is 0 Å². The fraction of sp³-hybridized carbons (Fsp3) is 0.900. The van der Waals surface area contributed by atoms with Gasteiger partial charge < -0.3 is 0 Å². The van der Waals surface area contributed by atoms with Crippen LogP contribution in [0.4, 0.5) is 0 Å². The van der Waals surface area contributed by atoms with Crippen molar-refractivity contribution in [1.29, 1.82) is 0 Å². The van der Waals surface area contributed by atoms with Gasteiger partial charge in [0.25, 0.3) is 0 Å². The zero-order chi connectivity index (χ0) is 10.5. The molecule has 85 valence electrons. The molecule has 0 bridgehead atoms. The van der Waals surface area contributed by atoms with Crippen molar-refractivity contribution in [1.82, 2.24) is 0 Å². The Bertz CT molecular complexity index is 89.4. The van der Waals surface area contributed by atoms with Gasteiger partial charge in [-0.2, -0.15) is 0 Å². The van der Waals surface area contributed by atoms with Crippen LogP contribution in [0, 0.1) is 6.92 Å². The van der Waals surface area contributed by atoms with E-state index in [-0.39, 0.29) is 0 Å². The number of rotatable bonds is 11. The Morgan fingerprint density at radius 3 is 1.79 bits per heavy atom. The third-order valence-electron chi connectivity index (χ3n) is 1.53. The van der Waals surface area contributed by atoms with E-state index in [1.54, 1.807) is 16.9 Å². The van der Waals surface area contributed by atoms with Crippen LogP contribution in [0.3, 0.4) is 0 Å². The maximum absolute atomic E-state index is 5.34. The zero-order valence-corrected chi connectivity index (χ0v) is 11.3. The molecule has 0 aromatic rings. The van der Waals surface area contributed by atoms with Crippen LogP contribution in [0.5, 0.6) is 0 Å². The Hall–Kier alpha value is 0.438. The molecule has 0 aliphatic heterocycles. The van der Waals surface area contributed by atoms with Crippen molar-refractivity contribution in [3.8, 4) is 0 Å². The molecule has 4 heteroatoms. The van der Waals surface area contributed by atoms with Crippen molar-refractivity contribution in [3.05, 3.63) is 6.92 Å². The molecule has 0 aliphatic rings. The standard InChI is InChI=1S/C10H22AsO3/c1-2-5-12-7-9-14-10-8-13-6-3-4-11/h1-11H2. The van der Waals surface area contributed by atoms with Gasteiger partial charge in [-0.1, -0.05) is 6.92 Å². The van der Waals surface area contributed by atoms with Crippen LogP contribution in [0.15, 0.2) is 0 Å². The van der Waals surface area contributed by atoms with E-state index in [0.29, 0.717) is 26.4 Å². The Morgan fingerprint density at radius 1 is 0.786 bits per heavy atom. The Balaban J connectivity index is 2.78. The molecule has 3 nitrogen and oxygen atoms in total. The predicted octanol–water partition coefficient (Wildman–Crippen LogP) is 0.702. The van der Waals surface area contributed by atoms with Crippen LogP contribution >= 0.6 is 0 Å². The molecule has 0 aliphatic carbocycles. The van der Waals surface area contributed by atoms with Crippen molar-refractivity contribution in [2.75, 3.05) is 39.6 Å². The summed E-state index contributed by atoms with van der Waals surface area (Å²) in [7, 11) is 0. The number of ether oxygens (including phenoxy) is 3. The molecule has 0 fully saturated rings. The van der Waals surface area contributed by atoms with E-state index in [2.05, 4.69) is 6.92 Å². The van der Waals surface area contributed by atoms with Crippen molar-refractivity contribution in [2.45, 2.75) is 18.1 Å². The molecule has 1 unspecified atom stereocenters. The summed E-state index contributed by atoms with van der Waals surface area (Å²) in [6, 6.07) is 0. The third kappa shape index (κ3) is 12.4. The maximum atomic E-state index is 5.34. The molecule has 0 heterocycles. The molecular weight excluding hydrogens is 243 g/mol. The fourth-order valence-corrected chi connectivity index (χ4v) is 1.18. The summed E-state index contributed by atoms with van der Waals surface area (Å²) >= 11 is 1.76. The van der Waals surface area contributed by atoms with Gasteiger partial charge in [-0.05, 0) is 0 Å². The minimum absolute atomic E-state index is 0.653. The summed E-state index contributed by atoms with van der Waals surface area (Å²) < 4.78 is 15.8. The molecular formula is C10H22AsO3. The Kier molecular flexibility index (Phi) is 13.9. The summed E-state index contributed by atoms with van der Waals surface area (Å²) in [5.41, 5.74) is 0. The molecule has 0 rings (SSSR count). The third-order valence-corrected chi connectivity index (χ3v) is 2.38. The summed E-state index contributed by atoms with van der Waals surface area (Å²) in [6.07, 6.45) is 1.98. The van der Waals surface area contributed by atoms with Crippen molar-refractivity contribution < 1.29 is 14.2 Å². The van der Waals surface area contributed by atoms with E-state index >= 15 is 0 Å². The minimum atomic E-state index is 0.653. The average Bonchev–Trinajstić information content (AvgIpc) is 2.21. The molecule has 1 radical (unpaired) electrons. The van der Waals surface area contributed by atoms with Crippen LogP contribution < -0.4 is 0 Å². The van der Waals surface area contributed by atoms with Crippen LogP contribution in [0.25, 0.3) is 0 Å². The first-order chi connectivity index (χ1) is 6.91. The van der Waals surface area contributed by atoms with Crippen molar-refractivity contribution >= 4 is 16.9 Å². The van der Waals surface area contributed by atoms with Gasteiger partial charge in [-0.3, -0.25) is 0 Å². The molecule has 14 heavy (non-hydrogen) atoms. The van der Waals surface area contributed by atoms with Crippen molar-refractivity contribution in [2.24, 2.45) is 0 Å². The first-order valence-corrected chi connectivity index (χ1v) is 6.85. The molecule has 0 aromatic heterocycles. The quantitative estimate of drug-likeness (QED) is 0.406. The van der Waals surface area contributed by atoms with Gasteiger partial charge >= 0.3 is 88.8 Å². The molecule has 0 N–H and O–H groups in total. The average molecular weight is 265 g/mol. The molecule has 0 amide bonds. The van der Waals surface area contributed by atoms with Gasteiger partial charge in [0, 0.05) is 0 Å². The topological polar surface area (TPSA) is 27.7 Å². The Labute approximate surface area is 96.0 Å². The number of hydrogen-bond acceptors (Lipinski definition) is 3. The van der Waals surface area contributed by atoms with E-state index in [1.165, 1.54) is 5.21 Å². The van der Waals surface area contributed by atoms with Gasteiger partial charge in [0.15, 0.2) is 0 Å². The first-order valence-electron chi connectivity index (χ1n) is 5.14. The molecule has 0 saturated carbocycles. The van der Waals surface area contributed by atoms with E-state index < -0.39 is 0 Å². The summed E-state index contributed by atoms with van der Waals surface area (Å²) in [5, 5.41) is 1.24. The molecule has 1 atom stereocenters. The zero-order valence-electron chi connectivity index (χ0n) is 8.87. The van der Waals surface area contributed by atoms with Crippen LogP contribution in [-0.2, 0) is 14.2 Å². The van der Waals surface area contributed by atoms with Gasteiger partial charge in [0.05, 0.1) is 0 Å². The van der Waals surface area contributed by atoms with E-state index in [1.807, 2.05) is 0 Å². The summed E-state index contributed by atoms with van der Waals surface area (Å²) in [5.74, 6) is 0. The second kappa shape index (κ2) is 13.4. The summed E-state index contributed by atoms with van der Waals surface area (Å²) in [6.45, 7) is 7.94. The van der Waals surface area contributed by atoms with Gasteiger partial charge in [-0.25, -0.2) is 0 Å². The van der Waals surface area contributed by atoms with Gasteiger partial charge in [-0.15, -0.1) is 0 Å². The van der Waals surface area contributed by atoms with Crippen LogP contribution in [0.2, 0.25) is 5.21 Å². The van der Waals surface area contributed by atoms with Crippen LogP contribution in [-0.4, -0.2) is 56.5 Å². The predicted molar refractivity (Wildman–Crippen MR) is 60.4 cm³/mol. The number of hydrogen-bond donors (Lipinski definition) is 0. The fourth-order valence-electron chi connectivity index (χ4n) is 0.829. The Morgan fingerprint density at radius 2 is 1.29 bits per heavy atom. The van der Waals surface area contributed by atoms with Gasteiger partial charge in [0.1, 0.15) is 0 Å². The van der Waals surface area contributed by atoms with E-state index in [0.717, 1.165) is 26.1 Å². The SMILES string of the molecule is [CH2]CCOCCOCCOCCC[AsH2]. The van der Waals surface area contributed by atoms with E-state index in [4.69, 9.17) is 14.2 Å². The second-order valence-electron chi connectivity index (χ2n) is 2.83. The summed E-state index contributed by atoms with van der Waals surface area (Å²) in [4.78, 5) is 0. The van der Waals surface area contributed by atoms with Gasteiger partial charge in [0.2, 0.25) is 0 Å². The second-order valence-corrected chi connectivity index (χ2v) is 4.04.